The van der Waals surface area contributed by atoms with Crippen LogP contribution in [0.4, 0.5) is 48.3 Å². The molecule has 0 aliphatic heterocycles. The van der Waals surface area contributed by atoms with Crippen molar-refractivity contribution in [2.45, 2.75) is 31.4 Å². The van der Waals surface area contributed by atoms with Gasteiger partial charge in [0.05, 0.1) is 0 Å². The predicted octanol–water partition coefficient (Wildman–Crippen LogP) is 4.49. The molecule has 0 unspecified atom stereocenters. The van der Waals surface area contributed by atoms with E-state index in [9.17, 15) is 48.3 Å². The Balaban J connectivity index is 5.28. The summed E-state index contributed by atoms with van der Waals surface area (Å²) in [5.74, 6) is -2.19. The van der Waals surface area contributed by atoms with Crippen LogP contribution in [0.2, 0.25) is 0 Å². The van der Waals surface area contributed by atoms with Gasteiger partial charge in [-0.2, -0.15) is 43.9 Å². The maximum absolute atomic E-state index is 12.5. The molecule has 0 aromatic carbocycles. The van der Waals surface area contributed by atoms with Crippen molar-refractivity contribution < 1.29 is 57.8 Å². The van der Waals surface area contributed by atoms with Crippen LogP contribution in [0.5, 0.6) is 0 Å². The van der Waals surface area contributed by atoms with Crippen LogP contribution in [-0.2, 0) is 9.47 Å². The van der Waals surface area contributed by atoms with Gasteiger partial charge in [0.15, 0.2) is 5.83 Å². The largest absolute Gasteiger partial charge is 0.495 e. The highest BCUT2D eigenvalue weighted by Crippen LogP contribution is 2.46. The third-order valence-corrected chi connectivity index (χ3v) is 1.41. The summed E-state index contributed by atoms with van der Waals surface area (Å²) >= 11 is 0. The molecular weight excluding hydrogens is 325 g/mol. The Morgan fingerprint density at radius 1 is 0.700 bits per heavy atom. The molecule has 0 aromatic rings. The molecule has 0 radical (unpaired) electrons. The molecule has 0 saturated heterocycles. The number of ether oxygens (including phenoxy) is 2. The third kappa shape index (κ3) is 4.11. The minimum atomic E-state index is -6.75. The lowest BCUT2D eigenvalue weighted by Gasteiger charge is -2.29. The van der Waals surface area contributed by atoms with Gasteiger partial charge in [-0.15, -0.1) is 0 Å². The molecule has 0 atom stereocenters. The minimum Gasteiger partial charge on any atom is -0.398 e. The zero-order chi connectivity index (χ0) is 16.6. The molecule has 2 nitrogen and oxygen atoms in total. The number of allylic oxidation sites excluding steroid dienone is 1. The van der Waals surface area contributed by atoms with Crippen molar-refractivity contribution in [2.24, 2.45) is 0 Å². The molecule has 0 bridgehead atoms. The summed E-state index contributed by atoms with van der Waals surface area (Å²) in [7, 11) is 0. The van der Waals surface area contributed by atoms with Gasteiger partial charge in [-0.1, -0.05) is 0 Å². The first kappa shape index (κ1) is 18.7. The lowest BCUT2D eigenvalue weighted by atomic mass is 10.5. The number of alkyl halides is 9. The van der Waals surface area contributed by atoms with Gasteiger partial charge in [0.1, 0.15) is 0 Å². The Bertz CT molecular complexity index is 379. The lowest BCUT2D eigenvalue weighted by molar-refractivity contribution is -0.513. The van der Waals surface area contributed by atoms with Crippen LogP contribution < -0.4 is 0 Å². The van der Waals surface area contributed by atoms with E-state index in [1.54, 1.807) is 4.74 Å². The van der Waals surface area contributed by atoms with Crippen molar-refractivity contribution in [3.8, 4) is 0 Å². The van der Waals surface area contributed by atoms with E-state index in [0.717, 1.165) is 0 Å². The van der Waals surface area contributed by atoms with Crippen molar-refractivity contribution in [3.05, 3.63) is 11.8 Å². The van der Waals surface area contributed by atoms with E-state index < -0.39 is 36.3 Å². The standard InChI is InChI=1S/C7H3F11O2/c1-2(8)3(9)19-6(15,16)7(17,18)20-5(13,14)4(10,11)12/h1H3/b3-2-. The maximum atomic E-state index is 12.5. The third-order valence-electron chi connectivity index (χ3n) is 1.41. The van der Waals surface area contributed by atoms with E-state index in [-0.39, 0.29) is 6.92 Å². The molecule has 0 fully saturated rings. The molecule has 0 amide bonds. The van der Waals surface area contributed by atoms with Gasteiger partial charge in [-0.3, -0.25) is 0 Å². The molecule has 0 saturated carbocycles. The fraction of sp³-hybridized carbons (Fsp3) is 0.714. The summed E-state index contributed by atoms with van der Waals surface area (Å²) in [6.07, 6.45) is -26.4. The van der Waals surface area contributed by atoms with Crippen molar-refractivity contribution in [1.29, 1.82) is 0 Å². The average Bonchev–Trinajstić information content (AvgIpc) is 2.12. The molecule has 0 N–H and O–H groups in total. The summed E-state index contributed by atoms with van der Waals surface area (Å²) in [5.41, 5.74) is 0. The summed E-state index contributed by atoms with van der Waals surface area (Å²) in [5, 5.41) is 0. The van der Waals surface area contributed by atoms with E-state index in [0.29, 0.717) is 0 Å². The van der Waals surface area contributed by atoms with Gasteiger partial charge in [0.25, 0.3) is 0 Å². The minimum absolute atomic E-state index is 0.120. The molecule has 0 aromatic heterocycles. The first-order valence-electron chi connectivity index (χ1n) is 4.15. The summed E-state index contributed by atoms with van der Waals surface area (Å²) in [6, 6.07) is -2.95. The second kappa shape index (κ2) is 5.26. The van der Waals surface area contributed by atoms with Gasteiger partial charge in [-0.05, 0) is 6.92 Å². The molecule has 120 valence electrons. The number of hydrogen-bond donors (Lipinski definition) is 0. The van der Waals surface area contributed by atoms with Crippen LogP contribution in [0.1, 0.15) is 6.92 Å². The second-order valence-electron chi connectivity index (χ2n) is 3.06. The maximum Gasteiger partial charge on any atom is 0.495 e. The van der Waals surface area contributed by atoms with Gasteiger partial charge in [-0.25, -0.2) is 9.13 Å². The molecule has 13 heteroatoms. The van der Waals surface area contributed by atoms with Gasteiger partial charge in [0.2, 0.25) is 0 Å². The SMILES string of the molecule is C/C(F)=C(\F)OC(F)(F)C(F)(F)OC(F)(F)C(F)(F)F. The quantitative estimate of drug-likeness (QED) is 0.547. The van der Waals surface area contributed by atoms with E-state index in [1.807, 2.05) is 0 Å². The molecular formula is C7H3F11O2. The first-order valence-corrected chi connectivity index (χ1v) is 4.15. The summed E-state index contributed by atoms with van der Waals surface area (Å²) in [4.78, 5) is 0. The summed E-state index contributed by atoms with van der Waals surface area (Å²) < 4.78 is 137. The predicted molar refractivity (Wildman–Crippen MR) is 38.0 cm³/mol. The smallest absolute Gasteiger partial charge is 0.398 e. The van der Waals surface area contributed by atoms with Gasteiger partial charge < -0.3 is 4.74 Å². The van der Waals surface area contributed by atoms with Crippen LogP contribution in [0, 0.1) is 0 Å². The van der Waals surface area contributed by atoms with Crippen molar-refractivity contribution in [2.75, 3.05) is 0 Å². The van der Waals surface area contributed by atoms with E-state index in [1.165, 1.54) is 0 Å². The highest BCUT2D eigenvalue weighted by molar-refractivity contribution is 4.89. The Morgan fingerprint density at radius 2 is 1.10 bits per heavy atom. The second-order valence-corrected chi connectivity index (χ2v) is 3.06. The average molecular weight is 328 g/mol. The molecule has 0 rings (SSSR count). The molecule has 20 heavy (non-hydrogen) atoms. The molecule has 0 aliphatic rings. The zero-order valence-electron chi connectivity index (χ0n) is 8.97. The highest BCUT2D eigenvalue weighted by Gasteiger charge is 2.72. The Kier molecular flexibility index (Phi) is 4.92. The first-order chi connectivity index (χ1) is 8.53. The Hall–Kier alpha value is -1.27. The van der Waals surface area contributed by atoms with Crippen LogP contribution in [0.3, 0.4) is 0 Å². The molecule has 0 spiro atoms. The van der Waals surface area contributed by atoms with E-state index in [2.05, 4.69) is 4.74 Å². The Labute approximate surface area is 102 Å². The monoisotopic (exact) mass is 328 g/mol. The van der Waals surface area contributed by atoms with E-state index in [4.69, 9.17) is 0 Å². The number of rotatable bonds is 5. The van der Waals surface area contributed by atoms with Crippen molar-refractivity contribution >= 4 is 0 Å². The topological polar surface area (TPSA) is 18.5 Å². The van der Waals surface area contributed by atoms with Crippen LogP contribution >= 0.6 is 0 Å². The van der Waals surface area contributed by atoms with Crippen LogP contribution in [0.25, 0.3) is 0 Å². The fourth-order valence-corrected chi connectivity index (χ4v) is 0.521. The Morgan fingerprint density at radius 3 is 1.40 bits per heavy atom. The lowest BCUT2D eigenvalue weighted by Crippen LogP contribution is -2.52. The normalized spacial score (nSPS) is 16.0. The van der Waals surface area contributed by atoms with Gasteiger partial charge in [0, 0.05) is 0 Å². The van der Waals surface area contributed by atoms with Crippen LogP contribution in [-0.4, -0.2) is 24.5 Å². The van der Waals surface area contributed by atoms with Crippen LogP contribution in [0.15, 0.2) is 11.8 Å². The van der Waals surface area contributed by atoms with Crippen molar-refractivity contribution in [1.82, 2.24) is 0 Å². The number of hydrogen-bond acceptors (Lipinski definition) is 2. The van der Waals surface area contributed by atoms with E-state index >= 15 is 0 Å². The zero-order valence-corrected chi connectivity index (χ0v) is 8.97. The fourth-order valence-electron chi connectivity index (χ4n) is 0.521. The highest BCUT2D eigenvalue weighted by atomic mass is 19.4. The molecule has 0 aliphatic carbocycles. The van der Waals surface area contributed by atoms with Crippen molar-refractivity contribution in [3.63, 3.8) is 0 Å². The molecule has 0 heterocycles. The summed E-state index contributed by atoms with van der Waals surface area (Å²) in [6.45, 7) is 0.120. The van der Waals surface area contributed by atoms with Gasteiger partial charge >= 0.3 is 30.5 Å². The number of halogens is 11.